The number of imidazole rings is 1. The van der Waals surface area contributed by atoms with Crippen molar-refractivity contribution < 1.29 is 10.0 Å². The smallest absolute Gasteiger partial charge is 0.373 e. The van der Waals surface area contributed by atoms with Crippen molar-refractivity contribution in [2.45, 2.75) is 26.3 Å². The number of rotatable bonds is 6. The van der Waals surface area contributed by atoms with Crippen molar-refractivity contribution in [2.24, 2.45) is 0 Å². The molecule has 2 aromatic heterocycles. The van der Waals surface area contributed by atoms with Crippen molar-refractivity contribution in [2.75, 3.05) is 18.1 Å². The van der Waals surface area contributed by atoms with E-state index in [0.717, 1.165) is 0 Å². The quantitative estimate of drug-likeness (QED) is 0.647. The minimum absolute atomic E-state index is 0.0112. The summed E-state index contributed by atoms with van der Waals surface area (Å²) in [4.78, 5) is 17.7. The van der Waals surface area contributed by atoms with E-state index in [-0.39, 0.29) is 18.5 Å². The second-order valence-electron chi connectivity index (χ2n) is 4.44. The Bertz CT molecular complexity index is 578. The van der Waals surface area contributed by atoms with Crippen LogP contribution in [0.25, 0.3) is 4.96 Å². The summed E-state index contributed by atoms with van der Waals surface area (Å²) < 4.78 is 1.49. The van der Waals surface area contributed by atoms with Crippen molar-refractivity contribution in [3.05, 3.63) is 21.7 Å². The maximum absolute atomic E-state index is 11.3. The summed E-state index contributed by atoms with van der Waals surface area (Å²) in [7, 11) is 0. The van der Waals surface area contributed by atoms with Gasteiger partial charge in [-0.05, 0) is 25.2 Å². The highest BCUT2D eigenvalue weighted by atomic mass is 32.1. The van der Waals surface area contributed by atoms with E-state index in [2.05, 4.69) is 4.98 Å². The summed E-state index contributed by atoms with van der Waals surface area (Å²) in [6.07, 6.45) is 2.21. The third-order valence-corrected chi connectivity index (χ3v) is 3.60. The number of nitrogens with zero attached hydrogens (tertiary/aromatic N) is 4. The molecule has 19 heavy (non-hydrogen) atoms. The van der Waals surface area contributed by atoms with Gasteiger partial charge in [0.25, 0.3) is 4.96 Å². The lowest BCUT2D eigenvalue weighted by molar-refractivity contribution is -0.389. The van der Waals surface area contributed by atoms with Gasteiger partial charge < -0.3 is 20.1 Å². The molecule has 2 aromatic rings. The third kappa shape index (κ3) is 2.54. The fourth-order valence-electron chi connectivity index (χ4n) is 1.97. The van der Waals surface area contributed by atoms with Crippen LogP contribution in [-0.4, -0.2) is 38.6 Å². The highest BCUT2D eigenvalue weighted by molar-refractivity contribution is 7.15. The molecule has 0 bridgehead atoms. The van der Waals surface area contributed by atoms with Crippen LogP contribution in [-0.2, 0) is 0 Å². The van der Waals surface area contributed by atoms with Crippen LogP contribution in [0.5, 0.6) is 0 Å². The maximum Gasteiger partial charge on any atom is 0.373 e. The largest absolute Gasteiger partial charge is 0.396 e. The number of aromatic nitrogens is 2. The van der Waals surface area contributed by atoms with E-state index < -0.39 is 4.92 Å². The average molecular weight is 284 g/mol. The highest BCUT2D eigenvalue weighted by Gasteiger charge is 2.28. The Morgan fingerprint density at radius 3 is 2.95 bits per heavy atom. The van der Waals surface area contributed by atoms with Crippen molar-refractivity contribution in [1.29, 1.82) is 0 Å². The summed E-state index contributed by atoms with van der Waals surface area (Å²) in [5.41, 5.74) is 0. The molecule has 1 N–H and O–H groups in total. The lowest BCUT2D eigenvalue weighted by Gasteiger charge is -2.25. The first kappa shape index (κ1) is 13.8. The first-order chi connectivity index (χ1) is 9.06. The summed E-state index contributed by atoms with van der Waals surface area (Å²) in [5, 5.41) is 22.0. The lowest BCUT2D eigenvalue weighted by atomic mass is 10.3. The van der Waals surface area contributed by atoms with E-state index in [1.165, 1.54) is 15.7 Å². The van der Waals surface area contributed by atoms with E-state index in [9.17, 15) is 10.1 Å². The van der Waals surface area contributed by atoms with Crippen molar-refractivity contribution in [3.63, 3.8) is 0 Å². The molecule has 0 saturated carbocycles. The highest BCUT2D eigenvalue weighted by Crippen LogP contribution is 2.32. The van der Waals surface area contributed by atoms with Crippen LogP contribution < -0.4 is 4.90 Å². The van der Waals surface area contributed by atoms with Crippen molar-refractivity contribution in [1.82, 2.24) is 9.38 Å². The van der Waals surface area contributed by atoms with E-state index in [1.807, 2.05) is 18.7 Å². The molecular weight excluding hydrogens is 268 g/mol. The van der Waals surface area contributed by atoms with E-state index in [1.54, 1.807) is 11.6 Å². The minimum Gasteiger partial charge on any atom is -0.396 e. The number of fused-ring (bicyclic) bond motifs is 1. The van der Waals surface area contributed by atoms with Crippen LogP contribution in [0.3, 0.4) is 0 Å². The van der Waals surface area contributed by atoms with Crippen LogP contribution in [0.15, 0.2) is 11.6 Å². The predicted molar refractivity (Wildman–Crippen MR) is 73.9 cm³/mol. The first-order valence-corrected chi connectivity index (χ1v) is 6.91. The third-order valence-electron chi connectivity index (χ3n) is 2.84. The topological polar surface area (TPSA) is 83.9 Å². The molecule has 0 atom stereocenters. The number of nitro groups is 1. The predicted octanol–water partition coefficient (Wildman–Crippen LogP) is 1.90. The zero-order chi connectivity index (χ0) is 14.0. The van der Waals surface area contributed by atoms with E-state index in [4.69, 9.17) is 5.11 Å². The first-order valence-electron chi connectivity index (χ1n) is 6.03. The second kappa shape index (κ2) is 5.54. The Hall–Kier alpha value is -1.67. The van der Waals surface area contributed by atoms with Gasteiger partial charge in [0.05, 0.1) is 0 Å². The molecule has 0 aromatic carbocycles. The van der Waals surface area contributed by atoms with Crippen LogP contribution in [0.2, 0.25) is 0 Å². The Kier molecular flexibility index (Phi) is 4.01. The zero-order valence-corrected chi connectivity index (χ0v) is 11.6. The second-order valence-corrected chi connectivity index (χ2v) is 5.31. The van der Waals surface area contributed by atoms with Gasteiger partial charge in [0.1, 0.15) is 6.20 Å². The van der Waals surface area contributed by atoms with Gasteiger partial charge in [0.15, 0.2) is 0 Å². The molecular formula is C11H16N4O3S. The molecule has 0 fully saturated rings. The molecule has 0 spiro atoms. The summed E-state index contributed by atoms with van der Waals surface area (Å²) in [6.45, 7) is 4.50. The van der Waals surface area contributed by atoms with E-state index in [0.29, 0.717) is 23.7 Å². The molecule has 7 nitrogen and oxygen atoms in total. The van der Waals surface area contributed by atoms with Gasteiger partial charge >= 0.3 is 5.82 Å². The van der Waals surface area contributed by atoms with Gasteiger partial charge in [-0.1, -0.05) is 11.3 Å². The molecule has 8 heteroatoms. The number of aliphatic hydroxyl groups is 1. The van der Waals surface area contributed by atoms with Crippen LogP contribution in [0.4, 0.5) is 11.6 Å². The standard InChI is InChI=1S/C11H16N4O3S/c1-8(2)13(4-3-6-16)9-10(15(17)18)14-5-7-19-11(14)12-9/h5,7-8,16H,3-4,6H2,1-2H3. The van der Waals surface area contributed by atoms with Crippen molar-refractivity contribution in [3.8, 4) is 0 Å². The molecule has 2 heterocycles. The van der Waals surface area contributed by atoms with Gasteiger partial charge in [-0.3, -0.25) is 0 Å². The molecule has 0 radical (unpaired) electrons. The average Bonchev–Trinajstić information content (AvgIpc) is 2.88. The molecule has 0 aliphatic heterocycles. The summed E-state index contributed by atoms with van der Waals surface area (Å²) in [5.74, 6) is 0.364. The molecule has 0 aliphatic rings. The minimum atomic E-state index is -0.406. The Morgan fingerprint density at radius 2 is 2.37 bits per heavy atom. The summed E-state index contributed by atoms with van der Waals surface area (Å²) in [6, 6.07) is 0.0786. The van der Waals surface area contributed by atoms with Gasteiger partial charge in [0, 0.05) is 24.6 Å². The SMILES string of the molecule is CC(C)N(CCCO)c1nc2sccn2c1[N+](=O)[O-]. The number of aliphatic hydroxyl groups excluding tert-OH is 1. The fourth-order valence-corrected chi connectivity index (χ4v) is 2.68. The van der Waals surface area contributed by atoms with E-state index >= 15 is 0 Å². The molecule has 0 unspecified atom stereocenters. The molecule has 2 rings (SSSR count). The molecule has 104 valence electrons. The Morgan fingerprint density at radius 1 is 1.63 bits per heavy atom. The molecule has 0 aliphatic carbocycles. The van der Waals surface area contributed by atoms with Gasteiger partial charge in [-0.2, -0.15) is 9.38 Å². The normalized spacial score (nSPS) is 11.4. The van der Waals surface area contributed by atoms with Gasteiger partial charge in [-0.15, -0.1) is 0 Å². The summed E-state index contributed by atoms with van der Waals surface area (Å²) >= 11 is 1.36. The van der Waals surface area contributed by atoms with Crippen LogP contribution in [0, 0.1) is 10.1 Å². The number of hydrogen-bond donors (Lipinski definition) is 1. The maximum atomic E-state index is 11.3. The lowest BCUT2D eigenvalue weighted by Crippen LogP contribution is -2.33. The zero-order valence-electron chi connectivity index (χ0n) is 10.8. The number of thiazole rings is 1. The van der Waals surface area contributed by atoms with Gasteiger partial charge in [-0.25, -0.2) is 0 Å². The number of anilines is 1. The van der Waals surface area contributed by atoms with Gasteiger partial charge in [0.2, 0.25) is 5.82 Å². The molecule has 0 saturated heterocycles. The fraction of sp³-hybridized carbons (Fsp3) is 0.545. The monoisotopic (exact) mass is 284 g/mol. The van der Waals surface area contributed by atoms with Crippen molar-refractivity contribution >= 4 is 27.9 Å². The Labute approximate surface area is 114 Å². The Balaban J connectivity index is 2.48. The van der Waals surface area contributed by atoms with Crippen LogP contribution in [0.1, 0.15) is 20.3 Å². The molecule has 0 amide bonds. The number of hydrogen-bond acceptors (Lipinski definition) is 6. The van der Waals surface area contributed by atoms with Crippen LogP contribution >= 0.6 is 11.3 Å².